The van der Waals surface area contributed by atoms with Gasteiger partial charge in [0, 0.05) is 27.3 Å². The van der Waals surface area contributed by atoms with Gasteiger partial charge in [-0.05, 0) is 87.0 Å². The molecule has 36 heavy (non-hydrogen) atoms. The number of carbonyl (C=O) groups is 2. The standard InChI is InChI=1S/C24H18Br2F3N3O4/c25-16-8-14(24(29,35)36)9-17(26)21(16)31-22(33)15-2-1-3-18(20(15)28)32(11-12-4-5-12)23(34)13-6-7-19(27)30-10-13/h1-3,6-10,12,35-36H,4-5,11H2,(H,31,33). The van der Waals surface area contributed by atoms with Gasteiger partial charge in [-0.25, -0.2) is 9.37 Å². The molecular formula is C24H18Br2F3N3O4. The van der Waals surface area contributed by atoms with Crippen molar-refractivity contribution in [2.75, 3.05) is 16.8 Å². The molecule has 0 unspecified atom stereocenters. The Labute approximate surface area is 220 Å². The lowest BCUT2D eigenvalue weighted by Crippen LogP contribution is -2.34. The van der Waals surface area contributed by atoms with Crippen molar-refractivity contribution in [1.29, 1.82) is 0 Å². The van der Waals surface area contributed by atoms with Gasteiger partial charge in [0.25, 0.3) is 11.8 Å². The summed E-state index contributed by atoms with van der Waals surface area (Å²) in [5, 5.41) is 20.8. The lowest BCUT2D eigenvalue weighted by molar-refractivity contribution is -0.269. The van der Waals surface area contributed by atoms with Crippen LogP contribution in [0, 0.1) is 17.7 Å². The van der Waals surface area contributed by atoms with Gasteiger partial charge in [-0.2, -0.15) is 8.78 Å². The Hall–Kier alpha value is -2.80. The molecule has 12 heteroatoms. The number of aliphatic hydroxyl groups is 2. The molecule has 4 rings (SSSR count). The van der Waals surface area contributed by atoms with E-state index in [0.717, 1.165) is 37.2 Å². The second-order valence-electron chi connectivity index (χ2n) is 8.22. The average Bonchev–Trinajstić information content (AvgIpc) is 3.64. The number of aromatic nitrogens is 1. The van der Waals surface area contributed by atoms with Crippen molar-refractivity contribution in [2.24, 2.45) is 5.92 Å². The van der Waals surface area contributed by atoms with E-state index in [4.69, 9.17) is 0 Å². The molecular weight excluding hydrogens is 611 g/mol. The Morgan fingerprint density at radius 1 is 1.11 bits per heavy atom. The number of hydrogen-bond acceptors (Lipinski definition) is 5. The van der Waals surface area contributed by atoms with E-state index in [2.05, 4.69) is 42.2 Å². The average molecular weight is 629 g/mol. The molecule has 2 amide bonds. The highest BCUT2D eigenvalue weighted by molar-refractivity contribution is 9.11. The molecule has 7 nitrogen and oxygen atoms in total. The van der Waals surface area contributed by atoms with Crippen LogP contribution in [0.5, 0.6) is 0 Å². The van der Waals surface area contributed by atoms with E-state index in [1.54, 1.807) is 0 Å². The molecule has 0 aliphatic heterocycles. The molecule has 1 heterocycles. The van der Waals surface area contributed by atoms with E-state index >= 15 is 4.39 Å². The number of nitrogens with one attached hydrogen (secondary N) is 1. The Kier molecular flexibility index (Phi) is 7.51. The van der Waals surface area contributed by atoms with Gasteiger partial charge in [0.1, 0.15) is 0 Å². The van der Waals surface area contributed by atoms with Crippen molar-refractivity contribution in [3.8, 4) is 0 Å². The monoisotopic (exact) mass is 627 g/mol. The van der Waals surface area contributed by atoms with Crippen LogP contribution in [0.4, 0.5) is 24.5 Å². The number of halogens is 5. The van der Waals surface area contributed by atoms with E-state index in [1.807, 2.05) is 0 Å². The fourth-order valence-electron chi connectivity index (χ4n) is 3.47. The summed E-state index contributed by atoms with van der Waals surface area (Å²) in [6.45, 7) is 0.212. The molecule has 0 radical (unpaired) electrons. The first-order chi connectivity index (χ1) is 17.0. The maximum Gasteiger partial charge on any atom is 0.343 e. The van der Waals surface area contributed by atoms with Crippen LogP contribution in [0.1, 0.15) is 39.1 Å². The van der Waals surface area contributed by atoms with Crippen LogP contribution >= 0.6 is 31.9 Å². The second-order valence-corrected chi connectivity index (χ2v) is 9.93. The number of carbonyl (C=O) groups excluding carboxylic acids is 2. The molecule has 1 aromatic heterocycles. The number of hydrogen-bond donors (Lipinski definition) is 3. The van der Waals surface area contributed by atoms with E-state index in [9.17, 15) is 28.6 Å². The van der Waals surface area contributed by atoms with E-state index in [1.165, 1.54) is 29.2 Å². The predicted molar refractivity (Wildman–Crippen MR) is 132 cm³/mol. The zero-order valence-electron chi connectivity index (χ0n) is 18.3. The lowest BCUT2D eigenvalue weighted by Gasteiger charge is -2.24. The number of rotatable bonds is 7. The third-order valence-electron chi connectivity index (χ3n) is 5.52. The predicted octanol–water partition coefficient (Wildman–Crippen LogP) is 5.26. The first kappa shape index (κ1) is 26.3. The molecule has 188 valence electrons. The highest BCUT2D eigenvalue weighted by Crippen LogP contribution is 2.37. The van der Waals surface area contributed by atoms with Crippen LogP contribution in [0.3, 0.4) is 0 Å². The van der Waals surface area contributed by atoms with Crippen LogP contribution in [-0.4, -0.2) is 33.6 Å². The van der Waals surface area contributed by atoms with Gasteiger partial charge in [0.2, 0.25) is 5.95 Å². The quantitative estimate of drug-likeness (QED) is 0.245. The third kappa shape index (κ3) is 5.77. The first-order valence-electron chi connectivity index (χ1n) is 10.6. The summed E-state index contributed by atoms with van der Waals surface area (Å²) >= 11 is 6.24. The number of alkyl halides is 1. The summed E-state index contributed by atoms with van der Waals surface area (Å²) in [5.74, 6) is -2.99. The largest absolute Gasteiger partial charge is 0.343 e. The van der Waals surface area contributed by atoms with Crippen LogP contribution < -0.4 is 10.2 Å². The number of anilines is 2. The van der Waals surface area contributed by atoms with Gasteiger partial charge < -0.3 is 20.4 Å². The summed E-state index contributed by atoms with van der Waals surface area (Å²) in [6.07, 6.45) is 2.80. The van der Waals surface area contributed by atoms with Gasteiger partial charge in [0.05, 0.1) is 22.5 Å². The van der Waals surface area contributed by atoms with Gasteiger partial charge >= 0.3 is 6.04 Å². The Morgan fingerprint density at radius 3 is 2.33 bits per heavy atom. The smallest absolute Gasteiger partial charge is 0.336 e. The maximum atomic E-state index is 15.6. The molecule has 1 fully saturated rings. The molecule has 3 N–H and O–H groups in total. The zero-order chi connectivity index (χ0) is 26.2. The van der Waals surface area contributed by atoms with Crippen LogP contribution in [0.25, 0.3) is 0 Å². The molecule has 0 bridgehead atoms. The Bertz CT molecular complexity index is 1310. The zero-order valence-corrected chi connectivity index (χ0v) is 21.5. The van der Waals surface area contributed by atoms with Crippen LogP contribution in [-0.2, 0) is 6.04 Å². The summed E-state index contributed by atoms with van der Waals surface area (Å²) < 4.78 is 42.5. The second kappa shape index (κ2) is 10.3. The summed E-state index contributed by atoms with van der Waals surface area (Å²) in [6, 6.07) is 4.79. The molecule has 1 aliphatic rings. The minimum absolute atomic E-state index is 0.0657. The SMILES string of the molecule is O=C(Nc1c(Br)cc(C(O)(O)F)cc1Br)c1cccc(N(CC2CC2)C(=O)c2ccc(F)nc2)c1F. The Balaban J connectivity index is 1.65. The van der Waals surface area contributed by atoms with Crippen molar-refractivity contribution in [3.05, 3.63) is 86.1 Å². The lowest BCUT2D eigenvalue weighted by atomic mass is 10.1. The van der Waals surface area contributed by atoms with E-state index < -0.39 is 35.2 Å². The molecule has 1 saturated carbocycles. The Morgan fingerprint density at radius 2 is 1.78 bits per heavy atom. The number of nitrogens with zero attached hydrogens (tertiary/aromatic N) is 2. The fourth-order valence-corrected chi connectivity index (χ4v) is 4.85. The maximum absolute atomic E-state index is 15.6. The topological polar surface area (TPSA) is 103 Å². The normalized spacial score (nSPS) is 13.4. The van der Waals surface area contributed by atoms with Gasteiger partial charge in [0.15, 0.2) is 5.82 Å². The first-order valence-corrected chi connectivity index (χ1v) is 12.2. The van der Waals surface area contributed by atoms with Gasteiger partial charge in [-0.1, -0.05) is 6.07 Å². The molecule has 0 atom stereocenters. The van der Waals surface area contributed by atoms with Crippen LogP contribution in [0.15, 0.2) is 57.6 Å². The van der Waals surface area contributed by atoms with E-state index in [0.29, 0.717) is 0 Å². The number of benzene rings is 2. The molecule has 2 aromatic carbocycles. The third-order valence-corrected chi connectivity index (χ3v) is 6.77. The number of amides is 2. The summed E-state index contributed by atoms with van der Waals surface area (Å²) in [4.78, 5) is 30.8. The molecule has 0 saturated heterocycles. The minimum Gasteiger partial charge on any atom is -0.336 e. The van der Waals surface area contributed by atoms with Crippen molar-refractivity contribution in [1.82, 2.24) is 4.98 Å². The van der Waals surface area contributed by atoms with E-state index in [-0.39, 0.29) is 43.9 Å². The van der Waals surface area contributed by atoms with Crippen molar-refractivity contribution < 1.29 is 33.0 Å². The van der Waals surface area contributed by atoms with Gasteiger partial charge in [-0.15, -0.1) is 0 Å². The number of pyridine rings is 1. The summed E-state index contributed by atoms with van der Waals surface area (Å²) in [7, 11) is 0. The fraction of sp³-hybridized carbons (Fsp3) is 0.208. The minimum atomic E-state index is -3.61. The van der Waals surface area contributed by atoms with Crippen molar-refractivity contribution in [2.45, 2.75) is 18.9 Å². The van der Waals surface area contributed by atoms with Crippen molar-refractivity contribution in [3.63, 3.8) is 0 Å². The highest BCUT2D eigenvalue weighted by Gasteiger charge is 2.31. The van der Waals surface area contributed by atoms with Crippen LogP contribution in [0.2, 0.25) is 0 Å². The molecule has 0 spiro atoms. The molecule has 1 aliphatic carbocycles. The highest BCUT2D eigenvalue weighted by atomic mass is 79.9. The van der Waals surface area contributed by atoms with Gasteiger partial charge in [-0.3, -0.25) is 9.59 Å². The van der Waals surface area contributed by atoms with Crippen molar-refractivity contribution >= 4 is 55.0 Å². The summed E-state index contributed by atoms with van der Waals surface area (Å²) in [5.41, 5.74) is -0.848. The molecule has 3 aromatic rings.